The number of hydrogen-bond acceptors (Lipinski definition) is 4. The molecule has 1 saturated carbocycles. The molecule has 1 aliphatic rings. The lowest BCUT2D eigenvalue weighted by molar-refractivity contribution is 0.116. The highest BCUT2D eigenvalue weighted by atomic mass is 32.1. The van der Waals surface area contributed by atoms with Gasteiger partial charge in [-0.15, -0.1) is 11.3 Å². The molecule has 0 aromatic carbocycles. The van der Waals surface area contributed by atoms with Crippen LogP contribution in [0.2, 0.25) is 0 Å². The summed E-state index contributed by atoms with van der Waals surface area (Å²) in [5.74, 6) is 0. The van der Waals surface area contributed by atoms with Gasteiger partial charge in [0, 0.05) is 18.0 Å². The second kappa shape index (κ2) is 5.04. The fraction of sp³-hybridized carbons (Fsp3) is 0.769. The number of aryl methyl sites for hydroxylation is 2. The molecule has 3 nitrogen and oxygen atoms in total. The Balaban J connectivity index is 2.23. The average Bonchev–Trinajstić information content (AvgIpc) is 2.99. The first-order valence-electron chi connectivity index (χ1n) is 6.32. The lowest BCUT2D eigenvalue weighted by atomic mass is 10.0. The summed E-state index contributed by atoms with van der Waals surface area (Å²) in [4.78, 5) is 6.11. The molecule has 2 rings (SSSR count). The van der Waals surface area contributed by atoms with Crippen molar-refractivity contribution in [2.24, 2.45) is 0 Å². The third-order valence-corrected chi connectivity index (χ3v) is 4.51. The minimum atomic E-state index is -0.126. The summed E-state index contributed by atoms with van der Waals surface area (Å²) in [7, 11) is 1.76. The molecule has 17 heavy (non-hydrogen) atoms. The quantitative estimate of drug-likeness (QED) is 0.847. The lowest BCUT2D eigenvalue weighted by Gasteiger charge is -2.28. The zero-order chi connectivity index (χ0) is 12.5. The number of methoxy groups -OCH3 is 1. The highest BCUT2D eigenvalue weighted by molar-refractivity contribution is 7.11. The van der Waals surface area contributed by atoms with Gasteiger partial charge in [-0.1, -0.05) is 6.92 Å². The van der Waals surface area contributed by atoms with E-state index in [9.17, 15) is 0 Å². The van der Waals surface area contributed by atoms with Gasteiger partial charge in [0.2, 0.25) is 0 Å². The Morgan fingerprint density at radius 2 is 2.24 bits per heavy atom. The highest BCUT2D eigenvalue weighted by Gasteiger charge is 2.36. The molecular weight excluding hydrogens is 232 g/mol. The van der Waals surface area contributed by atoms with E-state index >= 15 is 0 Å². The molecule has 0 bridgehead atoms. The predicted molar refractivity (Wildman–Crippen MR) is 71.6 cm³/mol. The van der Waals surface area contributed by atoms with Gasteiger partial charge < -0.3 is 10.1 Å². The second-order valence-corrected chi connectivity index (χ2v) is 6.26. The summed E-state index contributed by atoms with van der Waals surface area (Å²) >= 11 is 1.80. The number of hydrogen-bond donors (Lipinski definition) is 1. The van der Waals surface area contributed by atoms with E-state index in [1.807, 2.05) is 0 Å². The molecule has 1 unspecified atom stereocenters. The van der Waals surface area contributed by atoms with Crippen LogP contribution >= 0.6 is 11.3 Å². The monoisotopic (exact) mass is 254 g/mol. The van der Waals surface area contributed by atoms with Gasteiger partial charge in [0.25, 0.3) is 0 Å². The second-order valence-electron chi connectivity index (χ2n) is 5.06. The third-order valence-electron chi connectivity index (χ3n) is 3.23. The Labute approximate surface area is 108 Å². The van der Waals surface area contributed by atoms with Crippen LogP contribution in [0.15, 0.2) is 0 Å². The molecule has 0 radical (unpaired) electrons. The van der Waals surface area contributed by atoms with E-state index in [4.69, 9.17) is 9.72 Å². The van der Waals surface area contributed by atoms with Crippen LogP contribution in [0.25, 0.3) is 0 Å². The first-order valence-corrected chi connectivity index (χ1v) is 7.14. The van der Waals surface area contributed by atoms with Gasteiger partial charge >= 0.3 is 0 Å². The normalized spacial score (nSPS) is 19.3. The highest BCUT2D eigenvalue weighted by Crippen LogP contribution is 2.32. The molecular formula is C13H22N2OS. The third kappa shape index (κ3) is 2.87. The van der Waals surface area contributed by atoms with Crippen LogP contribution in [0.5, 0.6) is 0 Å². The molecule has 1 N–H and O–H groups in total. The van der Waals surface area contributed by atoms with Gasteiger partial charge in [-0.3, -0.25) is 0 Å². The molecule has 0 amide bonds. The number of aromatic nitrogens is 1. The Morgan fingerprint density at radius 1 is 1.53 bits per heavy atom. The maximum atomic E-state index is 5.38. The zero-order valence-corrected chi connectivity index (χ0v) is 12.0. The zero-order valence-electron chi connectivity index (χ0n) is 11.2. The molecule has 0 saturated heterocycles. The van der Waals surface area contributed by atoms with Crippen molar-refractivity contribution in [3.8, 4) is 0 Å². The molecule has 1 aromatic rings. The van der Waals surface area contributed by atoms with Crippen LogP contribution in [0.3, 0.4) is 0 Å². The largest absolute Gasteiger partial charge is 0.382 e. The van der Waals surface area contributed by atoms with E-state index in [2.05, 4.69) is 26.1 Å². The standard InChI is InChI=1S/C13H22N2OS/c1-5-11-9(2)17-12(14-11)13(3,8-16-4)15-10-6-7-10/h10,15H,5-8H2,1-4H3. The maximum absolute atomic E-state index is 5.38. The van der Waals surface area contributed by atoms with Crippen molar-refractivity contribution < 1.29 is 4.74 Å². The van der Waals surface area contributed by atoms with Crippen molar-refractivity contribution in [3.05, 3.63) is 15.6 Å². The summed E-state index contributed by atoms with van der Waals surface area (Å²) in [6, 6.07) is 0.657. The van der Waals surface area contributed by atoms with E-state index < -0.39 is 0 Å². The van der Waals surface area contributed by atoms with Gasteiger partial charge in [-0.25, -0.2) is 4.98 Å². The SMILES string of the molecule is CCc1nc(C(C)(COC)NC2CC2)sc1C. The Hall–Kier alpha value is -0.450. The number of thiazole rings is 1. The van der Waals surface area contributed by atoms with Crippen LogP contribution in [0.4, 0.5) is 0 Å². The van der Waals surface area contributed by atoms with Crippen molar-refractivity contribution in [2.75, 3.05) is 13.7 Å². The van der Waals surface area contributed by atoms with Crippen LogP contribution < -0.4 is 5.32 Å². The van der Waals surface area contributed by atoms with E-state index in [0.717, 1.165) is 6.42 Å². The number of ether oxygens (including phenoxy) is 1. The van der Waals surface area contributed by atoms with Crippen LogP contribution in [-0.4, -0.2) is 24.7 Å². The van der Waals surface area contributed by atoms with Crippen molar-refractivity contribution in [1.29, 1.82) is 0 Å². The summed E-state index contributed by atoms with van der Waals surface area (Å²) in [5.41, 5.74) is 1.10. The summed E-state index contributed by atoms with van der Waals surface area (Å²) < 4.78 is 5.38. The lowest BCUT2D eigenvalue weighted by Crippen LogP contribution is -2.44. The van der Waals surface area contributed by atoms with Crippen LogP contribution in [-0.2, 0) is 16.7 Å². The van der Waals surface area contributed by atoms with Crippen LogP contribution in [0.1, 0.15) is 42.3 Å². The molecule has 96 valence electrons. The van der Waals surface area contributed by atoms with Gasteiger partial charge in [0.1, 0.15) is 5.01 Å². The van der Waals surface area contributed by atoms with Gasteiger partial charge in [0.05, 0.1) is 17.8 Å². The average molecular weight is 254 g/mol. The first-order chi connectivity index (χ1) is 8.09. The van der Waals surface area contributed by atoms with Gasteiger partial charge in [0.15, 0.2) is 0 Å². The summed E-state index contributed by atoms with van der Waals surface area (Å²) in [6.45, 7) is 7.20. The van der Waals surface area contributed by atoms with Gasteiger partial charge in [-0.05, 0) is 33.1 Å². The predicted octanol–water partition coefficient (Wildman–Crippen LogP) is 2.63. The Morgan fingerprint density at radius 3 is 2.71 bits per heavy atom. The topological polar surface area (TPSA) is 34.1 Å². The summed E-state index contributed by atoms with van der Waals surface area (Å²) in [6.07, 6.45) is 3.57. The minimum Gasteiger partial charge on any atom is -0.382 e. The van der Waals surface area contributed by atoms with Gasteiger partial charge in [-0.2, -0.15) is 0 Å². The number of nitrogens with zero attached hydrogens (tertiary/aromatic N) is 1. The molecule has 1 fully saturated rings. The smallest absolute Gasteiger partial charge is 0.115 e. The molecule has 1 atom stereocenters. The minimum absolute atomic E-state index is 0.126. The van der Waals surface area contributed by atoms with Crippen LogP contribution in [0, 0.1) is 6.92 Å². The molecule has 0 spiro atoms. The fourth-order valence-corrected chi connectivity index (χ4v) is 3.22. The molecule has 4 heteroatoms. The van der Waals surface area contributed by atoms with Crippen molar-refractivity contribution >= 4 is 11.3 Å². The molecule has 0 aliphatic heterocycles. The Kier molecular flexibility index (Phi) is 3.85. The van der Waals surface area contributed by atoms with Crippen molar-refractivity contribution in [3.63, 3.8) is 0 Å². The van der Waals surface area contributed by atoms with E-state index in [-0.39, 0.29) is 5.54 Å². The van der Waals surface area contributed by atoms with Crippen molar-refractivity contribution in [2.45, 2.75) is 51.6 Å². The maximum Gasteiger partial charge on any atom is 0.115 e. The Bertz CT molecular complexity index is 387. The fourth-order valence-electron chi connectivity index (χ4n) is 2.12. The first kappa shape index (κ1) is 13.0. The van der Waals surface area contributed by atoms with Crippen molar-refractivity contribution in [1.82, 2.24) is 10.3 Å². The number of rotatable bonds is 6. The van der Waals surface area contributed by atoms with E-state index in [0.29, 0.717) is 12.6 Å². The molecule has 1 aromatic heterocycles. The molecule has 1 aliphatic carbocycles. The van der Waals surface area contributed by atoms with E-state index in [1.54, 1.807) is 18.4 Å². The molecule has 1 heterocycles. The van der Waals surface area contributed by atoms with E-state index in [1.165, 1.54) is 28.4 Å². The summed E-state index contributed by atoms with van der Waals surface area (Å²) in [5, 5.41) is 4.84. The number of nitrogens with one attached hydrogen (secondary N) is 1.